The number of hydrogen-bond donors (Lipinski definition) is 0. The van der Waals surface area contributed by atoms with Crippen LogP contribution in [-0.2, 0) is 16.1 Å². The Labute approximate surface area is 147 Å². The lowest BCUT2D eigenvalue weighted by molar-refractivity contribution is -0.164. The molecule has 2 rings (SSSR count). The van der Waals surface area contributed by atoms with E-state index in [9.17, 15) is 4.79 Å². The summed E-state index contributed by atoms with van der Waals surface area (Å²) in [6, 6.07) is 10.9. The van der Waals surface area contributed by atoms with Crippen molar-refractivity contribution in [1.82, 2.24) is 4.90 Å². The zero-order valence-electron chi connectivity index (χ0n) is 15.8. The number of ether oxygens (including phenoxy) is 1. The lowest BCUT2D eigenvalue weighted by Gasteiger charge is -2.41. The Morgan fingerprint density at radius 2 is 1.96 bits per heavy atom. The summed E-state index contributed by atoms with van der Waals surface area (Å²) in [5, 5.41) is 0. The molecule has 1 aliphatic rings. The molecule has 0 unspecified atom stereocenters. The number of nitrogens with zero attached hydrogens (tertiary/aromatic N) is 1. The zero-order valence-corrected chi connectivity index (χ0v) is 15.8. The van der Waals surface area contributed by atoms with E-state index in [-0.39, 0.29) is 11.9 Å². The van der Waals surface area contributed by atoms with Crippen LogP contribution in [0.2, 0.25) is 0 Å². The zero-order chi connectivity index (χ0) is 17.6. The highest BCUT2D eigenvalue weighted by atomic mass is 16.6. The second kappa shape index (κ2) is 8.66. The maximum absolute atomic E-state index is 12.7. The molecule has 1 aliphatic heterocycles. The molecule has 3 nitrogen and oxygen atoms in total. The third kappa shape index (κ3) is 5.62. The van der Waals surface area contributed by atoms with Crippen LogP contribution in [0.3, 0.4) is 0 Å². The second-order valence-electron chi connectivity index (χ2n) is 7.95. The first kappa shape index (κ1) is 19.0. The number of likely N-dealkylation sites (tertiary alicyclic amines) is 1. The summed E-state index contributed by atoms with van der Waals surface area (Å²) in [4.78, 5) is 15.2. The van der Waals surface area contributed by atoms with Crippen LogP contribution in [0.1, 0.15) is 65.4 Å². The predicted molar refractivity (Wildman–Crippen MR) is 98.7 cm³/mol. The minimum Gasteiger partial charge on any atom is -0.460 e. The fraction of sp³-hybridized carbons (Fsp3) is 0.667. The van der Waals surface area contributed by atoms with Crippen molar-refractivity contribution in [2.24, 2.45) is 5.92 Å². The average Bonchev–Trinajstić information content (AvgIpc) is 2.53. The molecule has 0 spiro atoms. The SMILES string of the molecule is CCCC[C@@H]1[C@H](C(=O)OC(C)(C)C)CCCN1Cc1ccccc1. The van der Waals surface area contributed by atoms with Crippen LogP contribution in [0.15, 0.2) is 30.3 Å². The molecule has 2 atom stereocenters. The minimum absolute atomic E-state index is 0.00763. The van der Waals surface area contributed by atoms with Crippen molar-refractivity contribution in [2.75, 3.05) is 6.54 Å². The first-order chi connectivity index (χ1) is 11.4. The molecular formula is C21H33NO2. The predicted octanol–water partition coefficient (Wildman–Crippen LogP) is 4.80. The van der Waals surface area contributed by atoms with Crippen LogP contribution in [0.5, 0.6) is 0 Å². The quantitative estimate of drug-likeness (QED) is 0.701. The highest BCUT2D eigenvalue weighted by molar-refractivity contribution is 5.74. The van der Waals surface area contributed by atoms with Gasteiger partial charge in [-0.25, -0.2) is 0 Å². The summed E-state index contributed by atoms with van der Waals surface area (Å²) in [6.07, 6.45) is 5.42. The Morgan fingerprint density at radius 1 is 1.25 bits per heavy atom. The lowest BCUT2D eigenvalue weighted by Crippen LogP contribution is -2.48. The number of unbranched alkanes of at least 4 members (excludes halogenated alkanes) is 1. The van der Waals surface area contributed by atoms with Gasteiger partial charge in [-0.2, -0.15) is 0 Å². The van der Waals surface area contributed by atoms with Crippen molar-refractivity contribution in [3.8, 4) is 0 Å². The first-order valence-corrected chi connectivity index (χ1v) is 9.41. The molecule has 0 aromatic heterocycles. The van der Waals surface area contributed by atoms with Crippen LogP contribution < -0.4 is 0 Å². The number of carbonyl (C=O) groups excluding carboxylic acids is 1. The Hall–Kier alpha value is -1.35. The van der Waals surface area contributed by atoms with Crippen molar-refractivity contribution in [3.63, 3.8) is 0 Å². The summed E-state index contributed by atoms with van der Waals surface area (Å²) in [5.41, 5.74) is 0.914. The third-order valence-electron chi connectivity index (χ3n) is 4.69. The van der Waals surface area contributed by atoms with Gasteiger partial charge in [0.1, 0.15) is 5.60 Å². The van der Waals surface area contributed by atoms with Gasteiger partial charge < -0.3 is 4.74 Å². The molecule has 1 heterocycles. The summed E-state index contributed by atoms with van der Waals surface area (Å²) >= 11 is 0. The van der Waals surface area contributed by atoms with E-state index >= 15 is 0 Å². The van der Waals surface area contributed by atoms with Gasteiger partial charge in [-0.15, -0.1) is 0 Å². The van der Waals surface area contributed by atoms with E-state index in [4.69, 9.17) is 4.74 Å². The van der Waals surface area contributed by atoms with Gasteiger partial charge >= 0.3 is 5.97 Å². The number of rotatable bonds is 6. The van der Waals surface area contributed by atoms with Gasteiger partial charge in [0.05, 0.1) is 5.92 Å². The van der Waals surface area contributed by atoms with Gasteiger partial charge in [0.25, 0.3) is 0 Å². The van der Waals surface area contributed by atoms with Crippen LogP contribution in [0.25, 0.3) is 0 Å². The molecule has 0 N–H and O–H groups in total. The molecule has 1 aromatic rings. The van der Waals surface area contributed by atoms with Crippen LogP contribution in [0.4, 0.5) is 0 Å². The van der Waals surface area contributed by atoms with Crippen molar-refractivity contribution >= 4 is 5.97 Å². The first-order valence-electron chi connectivity index (χ1n) is 9.41. The highest BCUT2D eigenvalue weighted by Gasteiger charge is 2.37. The van der Waals surface area contributed by atoms with E-state index < -0.39 is 5.60 Å². The molecule has 1 aromatic carbocycles. The normalized spacial score (nSPS) is 22.3. The van der Waals surface area contributed by atoms with E-state index in [1.807, 2.05) is 20.8 Å². The van der Waals surface area contributed by atoms with Crippen molar-refractivity contribution in [3.05, 3.63) is 35.9 Å². The maximum Gasteiger partial charge on any atom is 0.311 e. The van der Waals surface area contributed by atoms with Crippen molar-refractivity contribution < 1.29 is 9.53 Å². The highest BCUT2D eigenvalue weighted by Crippen LogP contribution is 2.31. The molecule has 3 heteroatoms. The number of carbonyl (C=O) groups is 1. The molecule has 0 aliphatic carbocycles. The molecule has 134 valence electrons. The van der Waals surface area contributed by atoms with E-state index in [1.165, 1.54) is 5.56 Å². The molecule has 0 bridgehead atoms. The number of benzene rings is 1. The van der Waals surface area contributed by atoms with E-state index in [2.05, 4.69) is 42.2 Å². The summed E-state index contributed by atoms with van der Waals surface area (Å²) in [7, 11) is 0. The summed E-state index contributed by atoms with van der Waals surface area (Å²) < 4.78 is 5.72. The fourth-order valence-electron chi connectivity index (χ4n) is 3.59. The second-order valence-corrected chi connectivity index (χ2v) is 7.95. The average molecular weight is 331 g/mol. The fourth-order valence-corrected chi connectivity index (χ4v) is 3.59. The van der Waals surface area contributed by atoms with Gasteiger partial charge in [0, 0.05) is 12.6 Å². The van der Waals surface area contributed by atoms with Gasteiger partial charge in [-0.3, -0.25) is 9.69 Å². The van der Waals surface area contributed by atoms with E-state index in [0.717, 1.165) is 45.2 Å². The minimum atomic E-state index is -0.409. The Bertz CT molecular complexity index is 506. The largest absolute Gasteiger partial charge is 0.460 e. The monoisotopic (exact) mass is 331 g/mol. The molecule has 0 amide bonds. The van der Waals surface area contributed by atoms with Crippen molar-refractivity contribution in [1.29, 1.82) is 0 Å². The smallest absolute Gasteiger partial charge is 0.311 e. The topological polar surface area (TPSA) is 29.5 Å². The van der Waals surface area contributed by atoms with Gasteiger partial charge in [0.2, 0.25) is 0 Å². The maximum atomic E-state index is 12.7. The summed E-state index contributed by atoms with van der Waals surface area (Å²) in [6.45, 7) is 10.1. The van der Waals surface area contributed by atoms with E-state index in [0.29, 0.717) is 6.04 Å². The Balaban J connectivity index is 2.12. The number of esters is 1. The van der Waals surface area contributed by atoms with Crippen LogP contribution in [-0.4, -0.2) is 29.1 Å². The van der Waals surface area contributed by atoms with E-state index in [1.54, 1.807) is 0 Å². The van der Waals surface area contributed by atoms with Crippen LogP contribution in [0, 0.1) is 5.92 Å². The third-order valence-corrected chi connectivity index (χ3v) is 4.69. The molecular weight excluding hydrogens is 298 g/mol. The standard InChI is InChI=1S/C21H33NO2/c1-5-6-14-19-18(20(23)24-21(2,3)4)13-10-15-22(19)16-17-11-8-7-9-12-17/h7-9,11-12,18-19H,5-6,10,13-16H2,1-4H3/t18-,19-/m1/s1. The molecule has 1 saturated heterocycles. The van der Waals surface area contributed by atoms with Crippen molar-refractivity contribution in [2.45, 2.75) is 78.0 Å². The molecule has 0 saturated carbocycles. The Morgan fingerprint density at radius 3 is 2.58 bits per heavy atom. The molecule has 0 radical (unpaired) electrons. The molecule has 24 heavy (non-hydrogen) atoms. The Kier molecular flexibility index (Phi) is 6.85. The van der Waals surface area contributed by atoms with Gasteiger partial charge in [-0.1, -0.05) is 50.1 Å². The lowest BCUT2D eigenvalue weighted by atomic mass is 9.85. The number of hydrogen-bond acceptors (Lipinski definition) is 3. The van der Waals surface area contributed by atoms with Gasteiger partial charge in [-0.05, 0) is 52.1 Å². The summed E-state index contributed by atoms with van der Waals surface area (Å²) in [5.74, 6) is -0.00500. The molecule has 1 fully saturated rings. The van der Waals surface area contributed by atoms with Gasteiger partial charge in [0.15, 0.2) is 0 Å². The van der Waals surface area contributed by atoms with Crippen LogP contribution >= 0.6 is 0 Å². The number of piperidine rings is 1.